The summed E-state index contributed by atoms with van der Waals surface area (Å²) in [4.78, 5) is 9.40. The lowest BCUT2D eigenvalue weighted by Gasteiger charge is -2.13. The number of hydrogen-bond donors (Lipinski definition) is 2. The maximum atomic E-state index is 9.87. The van der Waals surface area contributed by atoms with Crippen LogP contribution in [0, 0.1) is 11.3 Å². The van der Waals surface area contributed by atoms with Gasteiger partial charge in [0.1, 0.15) is 23.2 Å². The Hall–Kier alpha value is -3.43. The molecule has 0 aliphatic rings. The molecule has 0 amide bonds. The van der Waals surface area contributed by atoms with Gasteiger partial charge in [-0.05, 0) is 62.8 Å². The van der Waals surface area contributed by atoms with Gasteiger partial charge in [-0.1, -0.05) is 18.2 Å². The van der Waals surface area contributed by atoms with Crippen molar-refractivity contribution in [3.05, 3.63) is 66.0 Å². The summed E-state index contributed by atoms with van der Waals surface area (Å²) in [6.07, 6.45) is 2.76. The fraction of sp³-hybridized carbons (Fsp3) is 0.261. The van der Waals surface area contributed by atoms with Crippen LogP contribution in [0.25, 0.3) is 11.3 Å². The van der Waals surface area contributed by atoms with E-state index in [9.17, 15) is 5.26 Å². The highest BCUT2D eigenvalue weighted by Crippen LogP contribution is 2.29. The molecule has 2 N–H and O–H groups in total. The second kappa shape index (κ2) is 10.2. The monoisotopic (exact) mass is 387 g/mol. The molecule has 1 aromatic heterocycles. The van der Waals surface area contributed by atoms with Crippen LogP contribution in [0.3, 0.4) is 0 Å². The van der Waals surface area contributed by atoms with Crippen LogP contribution in [0.15, 0.2) is 54.6 Å². The number of benzene rings is 2. The van der Waals surface area contributed by atoms with Crippen LogP contribution in [-0.4, -0.2) is 30.7 Å². The number of nitriles is 1. The van der Waals surface area contributed by atoms with Gasteiger partial charge in [0.2, 0.25) is 0 Å². The molecule has 0 atom stereocenters. The summed E-state index contributed by atoms with van der Waals surface area (Å²) in [5.74, 6) is 2.02. The van der Waals surface area contributed by atoms with Gasteiger partial charge < -0.3 is 15.4 Å². The fourth-order valence-corrected chi connectivity index (χ4v) is 3.02. The van der Waals surface area contributed by atoms with Gasteiger partial charge in [-0.3, -0.25) is 0 Å². The molecule has 0 fully saturated rings. The van der Waals surface area contributed by atoms with Gasteiger partial charge in [-0.2, -0.15) is 5.26 Å². The topological polar surface area (TPSA) is 82.9 Å². The highest BCUT2D eigenvalue weighted by Gasteiger charge is 2.16. The van der Waals surface area contributed by atoms with E-state index in [2.05, 4.69) is 21.7 Å². The van der Waals surface area contributed by atoms with Gasteiger partial charge in [0.15, 0.2) is 5.82 Å². The number of aryl methyl sites for hydroxylation is 1. The first-order chi connectivity index (χ1) is 14.2. The maximum Gasteiger partial charge on any atom is 0.152 e. The molecule has 3 rings (SSSR count). The Kier molecular flexibility index (Phi) is 7.15. The van der Waals surface area contributed by atoms with Crippen LogP contribution < -0.4 is 15.4 Å². The average molecular weight is 387 g/mol. The SMILES string of the molecule is CNCCCCc1nc(Nc2ccccc2)c(C#N)c(-c2ccc(OC)cc2)n1. The summed E-state index contributed by atoms with van der Waals surface area (Å²) < 4.78 is 5.25. The number of nitrogens with zero attached hydrogens (tertiary/aromatic N) is 3. The molecule has 0 radical (unpaired) electrons. The third-order valence-corrected chi connectivity index (χ3v) is 4.54. The molecule has 0 unspecified atom stereocenters. The van der Waals surface area contributed by atoms with Crippen molar-refractivity contribution in [3.63, 3.8) is 0 Å². The Morgan fingerprint density at radius 1 is 1.00 bits per heavy atom. The number of ether oxygens (including phenoxy) is 1. The molecule has 0 spiro atoms. The molecule has 0 bridgehead atoms. The number of para-hydroxylation sites is 1. The number of anilines is 2. The predicted octanol–water partition coefficient (Wildman–Crippen LogP) is 4.31. The number of rotatable bonds is 9. The average Bonchev–Trinajstić information content (AvgIpc) is 2.77. The van der Waals surface area contributed by atoms with E-state index in [4.69, 9.17) is 9.72 Å². The first-order valence-corrected chi connectivity index (χ1v) is 9.67. The molecule has 6 heteroatoms. The van der Waals surface area contributed by atoms with Crippen molar-refractivity contribution in [3.8, 4) is 23.1 Å². The lowest BCUT2D eigenvalue weighted by molar-refractivity contribution is 0.415. The summed E-state index contributed by atoms with van der Waals surface area (Å²) >= 11 is 0. The first kappa shape index (κ1) is 20.3. The summed E-state index contributed by atoms with van der Waals surface area (Å²) in [5.41, 5.74) is 2.80. The van der Waals surface area contributed by atoms with Gasteiger partial charge in [0.05, 0.1) is 12.8 Å². The summed E-state index contributed by atoms with van der Waals surface area (Å²) in [5, 5.41) is 16.3. The van der Waals surface area contributed by atoms with E-state index in [0.717, 1.165) is 48.6 Å². The largest absolute Gasteiger partial charge is 0.497 e. The minimum Gasteiger partial charge on any atom is -0.497 e. The van der Waals surface area contributed by atoms with Gasteiger partial charge in [-0.25, -0.2) is 9.97 Å². The van der Waals surface area contributed by atoms with E-state index < -0.39 is 0 Å². The molecule has 6 nitrogen and oxygen atoms in total. The molecular weight excluding hydrogens is 362 g/mol. The fourth-order valence-electron chi connectivity index (χ4n) is 3.02. The molecule has 2 aromatic carbocycles. The third kappa shape index (κ3) is 5.31. The molecule has 148 valence electrons. The zero-order valence-electron chi connectivity index (χ0n) is 16.8. The van der Waals surface area contributed by atoms with Gasteiger partial charge in [0, 0.05) is 17.7 Å². The maximum absolute atomic E-state index is 9.87. The Labute approximate surface area is 171 Å². The molecule has 1 heterocycles. The number of hydrogen-bond acceptors (Lipinski definition) is 6. The summed E-state index contributed by atoms with van der Waals surface area (Å²) in [7, 11) is 3.58. The summed E-state index contributed by atoms with van der Waals surface area (Å²) in [6, 6.07) is 19.6. The zero-order chi connectivity index (χ0) is 20.5. The van der Waals surface area contributed by atoms with E-state index >= 15 is 0 Å². The van der Waals surface area contributed by atoms with E-state index in [1.54, 1.807) is 7.11 Å². The number of aromatic nitrogens is 2. The highest BCUT2D eigenvalue weighted by molar-refractivity contribution is 5.75. The minimum atomic E-state index is 0.429. The molecular formula is C23H25N5O. The van der Waals surface area contributed by atoms with Crippen molar-refractivity contribution < 1.29 is 4.74 Å². The molecule has 0 aliphatic carbocycles. The lowest BCUT2D eigenvalue weighted by atomic mass is 10.1. The molecule has 0 saturated heterocycles. The smallest absolute Gasteiger partial charge is 0.152 e. The Balaban J connectivity index is 2.01. The van der Waals surface area contributed by atoms with E-state index in [1.807, 2.05) is 61.6 Å². The molecule has 0 aliphatic heterocycles. The van der Waals surface area contributed by atoms with Crippen molar-refractivity contribution in [2.45, 2.75) is 19.3 Å². The second-order valence-corrected chi connectivity index (χ2v) is 6.60. The van der Waals surface area contributed by atoms with Crippen molar-refractivity contribution in [2.75, 3.05) is 26.0 Å². The Morgan fingerprint density at radius 3 is 2.41 bits per heavy atom. The van der Waals surface area contributed by atoms with Crippen molar-refractivity contribution in [2.24, 2.45) is 0 Å². The van der Waals surface area contributed by atoms with Crippen molar-refractivity contribution in [1.82, 2.24) is 15.3 Å². The lowest BCUT2D eigenvalue weighted by Crippen LogP contribution is -2.09. The Bertz CT molecular complexity index is 965. The number of unbranched alkanes of at least 4 members (excludes halogenated alkanes) is 1. The Morgan fingerprint density at radius 2 is 1.76 bits per heavy atom. The van der Waals surface area contributed by atoms with E-state index in [-0.39, 0.29) is 0 Å². The van der Waals surface area contributed by atoms with Crippen LogP contribution >= 0.6 is 0 Å². The van der Waals surface area contributed by atoms with Gasteiger partial charge in [-0.15, -0.1) is 0 Å². The second-order valence-electron chi connectivity index (χ2n) is 6.60. The van der Waals surface area contributed by atoms with Crippen LogP contribution in [-0.2, 0) is 6.42 Å². The summed E-state index contributed by atoms with van der Waals surface area (Å²) in [6.45, 7) is 0.955. The normalized spacial score (nSPS) is 10.4. The first-order valence-electron chi connectivity index (χ1n) is 9.67. The van der Waals surface area contributed by atoms with Crippen LogP contribution in [0.5, 0.6) is 5.75 Å². The molecule has 3 aromatic rings. The molecule has 29 heavy (non-hydrogen) atoms. The highest BCUT2D eigenvalue weighted by atomic mass is 16.5. The van der Waals surface area contributed by atoms with Crippen molar-refractivity contribution >= 4 is 11.5 Å². The number of methoxy groups -OCH3 is 1. The van der Waals surface area contributed by atoms with Crippen molar-refractivity contribution in [1.29, 1.82) is 5.26 Å². The van der Waals surface area contributed by atoms with Crippen LogP contribution in [0.4, 0.5) is 11.5 Å². The quantitative estimate of drug-likeness (QED) is 0.533. The van der Waals surface area contributed by atoms with Gasteiger partial charge >= 0.3 is 0 Å². The third-order valence-electron chi connectivity index (χ3n) is 4.54. The van der Waals surface area contributed by atoms with E-state index in [1.165, 1.54) is 0 Å². The van der Waals surface area contributed by atoms with Crippen LogP contribution in [0.1, 0.15) is 24.2 Å². The van der Waals surface area contributed by atoms with Gasteiger partial charge in [0.25, 0.3) is 0 Å². The standard InChI is InChI=1S/C23H25N5O/c1-25-15-7-6-10-21-27-22(17-11-13-19(29-2)14-12-17)20(16-24)23(28-21)26-18-8-4-3-5-9-18/h3-5,8-9,11-14,25H,6-7,10,15H2,1-2H3,(H,26,27,28). The van der Waals surface area contributed by atoms with E-state index in [0.29, 0.717) is 17.1 Å². The zero-order valence-corrected chi connectivity index (χ0v) is 16.8. The number of nitrogens with one attached hydrogen (secondary N) is 2. The predicted molar refractivity (Wildman–Crippen MR) is 115 cm³/mol. The molecule has 0 saturated carbocycles. The van der Waals surface area contributed by atoms with Crippen LogP contribution in [0.2, 0.25) is 0 Å². The minimum absolute atomic E-state index is 0.429.